The minimum absolute atomic E-state index is 0.212. The summed E-state index contributed by atoms with van der Waals surface area (Å²) in [5, 5.41) is 0. The number of rotatable bonds is 2. The van der Waals surface area contributed by atoms with Crippen LogP contribution in [-0.4, -0.2) is 40.5 Å². The zero-order valence-corrected chi connectivity index (χ0v) is 12.5. The molecule has 0 N–H and O–H groups in total. The summed E-state index contributed by atoms with van der Waals surface area (Å²) in [6.07, 6.45) is 2.60. The second kappa shape index (κ2) is 5.73. The smallest absolute Gasteiger partial charge is 0.272 e. The number of pyridine rings is 1. The van der Waals surface area contributed by atoms with Gasteiger partial charge in [-0.2, -0.15) is 0 Å². The van der Waals surface area contributed by atoms with Crippen molar-refractivity contribution in [3.8, 4) is 0 Å². The van der Waals surface area contributed by atoms with E-state index in [0.29, 0.717) is 32.0 Å². The zero-order chi connectivity index (χ0) is 15.8. The predicted octanol–water partition coefficient (Wildman–Crippen LogP) is 1.91. The Balaban J connectivity index is 1.51. The van der Waals surface area contributed by atoms with Crippen molar-refractivity contribution in [1.29, 1.82) is 0 Å². The molecule has 0 aliphatic carbocycles. The van der Waals surface area contributed by atoms with E-state index >= 15 is 0 Å². The quantitative estimate of drug-likeness (QED) is 0.846. The van der Waals surface area contributed by atoms with Crippen LogP contribution >= 0.6 is 0 Å². The van der Waals surface area contributed by atoms with Crippen LogP contribution in [0, 0.1) is 5.82 Å². The Labute approximate surface area is 132 Å². The molecule has 4 rings (SSSR count). The Morgan fingerprint density at radius 3 is 3.04 bits per heavy atom. The lowest BCUT2D eigenvalue weighted by molar-refractivity contribution is 0.0721. The standard InChI is InChI=1S/C16H16FN3O3/c17-11-1-2-12(18-7-11)16(21)20-5-3-14-13(8-20)19-15(23-14)10-4-6-22-9-10/h1-2,7,10H,3-6,8-9H2. The number of halogens is 1. The maximum Gasteiger partial charge on any atom is 0.272 e. The van der Waals surface area contributed by atoms with Gasteiger partial charge in [-0.05, 0) is 18.6 Å². The topological polar surface area (TPSA) is 68.5 Å². The first-order valence-electron chi connectivity index (χ1n) is 7.68. The average molecular weight is 317 g/mol. The minimum Gasteiger partial charge on any atom is -0.445 e. The fourth-order valence-corrected chi connectivity index (χ4v) is 2.96. The van der Waals surface area contributed by atoms with Crippen molar-refractivity contribution in [1.82, 2.24) is 14.9 Å². The predicted molar refractivity (Wildman–Crippen MR) is 77.3 cm³/mol. The molecule has 0 radical (unpaired) electrons. The second-order valence-electron chi connectivity index (χ2n) is 5.82. The van der Waals surface area contributed by atoms with Crippen LogP contribution < -0.4 is 0 Å². The van der Waals surface area contributed by atoms with E-state index < -0.39 is 5.82 Å². The molecule has 1 fully saturated rings. The number of amides is 1. The Bertz CT molecular complexity index is 723. The highest BCUT2D eigenvalue weighted by molar-refractivity contribution is 5.92. The van der Waals surface area contributed by atoms with E-state index in [1.165, 1.54) is 12.1 Å². The van der Waals surface area contributed by atoms with Gasteiger partial charge in [0.2, 0.25) is 0 Å². The minimum atomic E-state index is -0.456. The summed E-state index contributed by atoms with van der Waals surface area (Å²) in [5.74, 6) is 1.10. The molecule has 1 atom stereocenters. The highest BCUT2D eigenvalue weighted by Gasteiger charge is 2.30. The van der Waals surface area contributed by atoms with Gasteiger partial charge in [0.25, 0.3) is 5.91 Å². The summed E-state index contributed by atoms with van der Waals surface area (Å²) in [7, 11) is 0. The van der Waals surface area contributed by atoms with Crippen molar-refractivity contribution in [2.45, 2.75) is 25.3 Å². The van der Waals surface area contributed by atoms with E-state index in [-0.39, 0.29) is 17.5 Å². The molecular formula is C16H16FN3O3. The molecule has 23 heavy (non-hydrogen) atoms. The first-order chi connectivity index (χ1) is 11.2. The van der Waals surface area contributed by atoms with Gasteiger partial charge in [-0.1, -0.05) is 0 Å². The summed E-state index contributed by atoms with van der Waals surface area (Å²) in [6, 6.07) is 2.64. The highest BCUT2D eigenvalue weighted by Crippen LogP contribution is 2.29. The van der Waals surface area contributed by atoms with E-state index in [1.807, 2.05) is 0 Å². The van der Waals surface area contributed by atoms with Crippen molar-refractivity contribution in [2.75, 3.05) is 19.8 Å². The first kappa shape index (κ1) is 14.3. The summed E-state index contributed by atoms with van der Waals surface area (Å²) < 4.78 is 24.1. The van der Waals surface area contributed by atoms with Crippen LogP contribution in [0.4, 0.5) is 4.39 Å². The molecule has 0 bridgehead atoms. The van der Waals surface area contributed by atoms with E-state index in [4.69, 9.17) is 9.15 Å². The van der Waals surface area contributed by atoms with Crippen LogP contribution in [0.25, 0.3) is 0 Å². The largest absolute Gasteiger partial charge is 0.445 e. The van der Waals surface area contributed by atoms with Gasteiger partial charge in [-0.25, -0.2) is 14.4 Å². The summed E-state index contributed by atoms with van der Waals surface area (Å²) in [4.78, 5) is 22.5. The molecule has 2 aromatic heterocycles. The monoisotopic (exact) mass is 317 g/mol. The Morgan fingerprint density at radius 2 is 2.30 bits per heavy atom. The van der Waals surface area contributed by atoms with Crippen LogP contribution in [-0.2, 0) is 17.7 Å². The van der Waals surface area contributed by atoms with Gasteiger partial charge in [-0.3, -0.25) is 4.79 Å². The molecule has 0 spiro atoms. The van der Waals surface area contributed by atoms with Crippen LogP contribution in [0.5, 0.6) is 0 Å². The van der Waals surface area contributed by atoms with E-state index in [1.54, 1.807) is 4.90 Å². The molecule has 120 valence electrons. The molecule has 7 heteroatoms. The third-order valence-electron chi connectivity index (χ3n) is 4.26. The molecule has 1 saturated heterocycles. The summed E-state index contributed by atoms with van der Waals surface area (Å²) in [5.41, 5.74) is 1.04. The lowest BCUT2D eigenvalue weighted by Crippen LogP contribution is -2.36. The summed E-state index contributed by atoms with van der Waals surface area (Å²) in [6.45, 7) is 2.31. The molecule has 2 aliphatic heterocycles. The molecule has 1 amide bonds. The van der Waals surface area contributed by atoms with Crippen LogP contribution in [0.2, 0.25) is 0 Å². The molecule has 0 aromatic carbocycles. The normalized spacial score (nSPS) is 20.6. The van der Waals surface area contributed by atoms with Gasteiger partial charge in [0.15, 0.2) is 5.89 Å². The maximum atomic E-state index is 12.9. The number of carbonyl (C=O) groups excluding carboxylic acids is 1. The van der Waals surface area contributed by atoms with E-state index in [0.717, 1.165) is 30.7 Å². The van der Waals surface area contributed by atoms with Gasteiger partial charge in [0.1, 0.15) is 23.0 Å². The number of fused-ring (bicyclic) bond motifs is 1. The van der Waals surface area contributed by atoms with Gasteiger partial charge in [0, 0.05) is 19.6 Å². The fourth-order valence-electron chi connectivity index (χ4n) is 2.96. The molecule has 4 heterocycles. The number of hydrogen-bond donors (Lipinski definition) is 0. The van der Waals surface area contributed by atoms with Crippen LogP contribution in [0.15, 0.2) is 22.7 Å². The van der Waals surface area contributed by atoms with Gasteiger partial charge in [0.05, 0.1) is 25.3 Å². The van der Waals surface area contributed by atoms with Crippen molar-refractivity contribution in [3.63, 3.8) is 0 Å². The van der Waals surface area contributed by atoms with Crippen molar-refractivity contribution >= 4 is 5.91 Å². The van der Waals surface area contributed by atoms with Crippen LogP contribution in [0.1, 0.15) is 40.2 Å². The number of nitrogens with zero attached hydrogens (tertiary/aromatic N) is 3. The molecule has 6 nitrogen and oxygen atoms in total. The molecule has 2 aromatic rings. The number of hydrogen-bond acceptors (Lipinski definition) is 5. The zero-order valence-electron chi connectivity index (χ0n) is 12.5. The SMILES string of the molecule is O=C(c1ccc(F)cn1)N1CCc2oc(C3CCOC3)nc2C1. The number of oxazole rings is 1. The van der Waals surface area contributed by atoms with E-state index in [2.05, 4.69) is 9.97 Å². The van der Waals surface area contributed by atoms with Crippen LogP contribution in [0.3, 0.4) is 0 Å². The maximum absolute atomic E-state index is 12.9. The van der Waals surface area contributed by atoms with Gasteiger partial charge < -0.3 is 14.1 Å². The second-order valence-corrected chi connectivity index (χ2v) is 5.82. The Kier molecular flexibility index (Phi) is 3.57. The molecule has 0 saturated carbocycles. The van der Waals surface area contributed by atoms with Crippen molar-refractivity contribution in [2.24, 2.45) is 0 Å². The molecule has 1 unspecified atom stereocenters. The summed E-state index contributed by atoms with van der Waals surface area (Å²) >= 11 is 0. The number of aromatic nitrogens is 2. The molecular weight excluding hydrogens is 301 g/mol. The average Bonchev–Trinajstić information content (AvgIpc) is 3.23. The lowest BCUT2D eigenvalue weighted by atomic mass is 10.1. The lowest BCUT2D eigenvalue weighted by Gasteiger charge is -2.24. The van der Waals surface area contributed by atoms with Gasteiger partial charge >= 0.3 is 0 Å². The highest BCUT2D eigenvalue weighted by atomic mass is 19.1. The first-order valence-corrected chi connectivity index (χ1v) is 7.68. The third-order valence-corrected chi connectivity index (χ3v) is 4.26. The fraction of sp³-hybridized carbons (Fsp3) is 0.438. The Hall–Kier alpha value is -2.28. The third kappa shape index (κ3) is 2.72. The van der Waals surface area contributed by atoms with Gasteiger partial charge in [-0.15, -0.1) is 0 Å². The van der Waals surface area contributed by atoms with Crippen molar-refractivity contribution in [3.05, 3.63) is 47.2 Å². The number of ether oxygens (including phenoxy) is 1. The molecule has 2 aliphatic rings. The van der Waals surface area contributed by atoms with E-state index in [9.17, 15) is 9.18 Å². The van der Waals surface area contributed by atoms with Crippen molar-refractivity contribution < 1.29 is 18.3 Å². The number of carbonyl (C=O) groups is 1. The Morgan fingerprint density at radius 1 is 1.39 bits per heavy atom.